The minimum Gasteiger partial charge on any atom is -0.394 e. The Morgan fingerprint density at radius 1 is 1.43 bits per heavy atom. The highest BCUT2D eigenvalue weighted by atomic mass is 32.2. The third-order valence-electron chi connectivity index (χ3n) is 3.85. The van der Waals surface area contributed by atoms with Gasteiger partial charge in [-0.05, 0) is 24.6 Å². The Balaban J connectivity index is 2.06. The number of anilines is 1. The van der Waals surface area contributed by atoms with Gasteiger partial charge in [0.1, 0.15) is 18.7 Å². The number of aromatic nitrogens is 5. The van der Waals surface area contributed by atoms with Crippen molar-refractivity contribution in [3.8, 4) is 23.1 Å². The summed E-state index contributed by atoms with van der Waals surface area (Å²) in [5, 5.41) is 21.9. The minimum absolute atomic E-state index is 0.0808. The van der Waals surface area contributed by atoms with Crippen LogP contribution in [0.25, 0.3) is 17.1 Å². The van der Waals surface area contributed by atoms with Crippen molar-refractivity contribution in [3.05, 3.63) is 42.6 Å². The number of benzene rings is 1. The maximum atomic E-state index is 12.5. The molecule has 12 heteroatoms. The Kier molecular flexibility index (Phi) is 5.32. The van der Waals surface area contributed by atoms with Crippen molar-refractivity contribution in [3.63, 3.8) is 0 Å². The van der Waals surface area contributed by atoms with Gasteiger partial charge in [-0.1, -0.05) is 6.07 Å². The molecule has 0 saturated carbocycles. The van der Waals surface area contributed by atoms with E-state index in [1.807, 2.05) is 0 Å². The second kappa shape index (κ2) is 7.69. The van der Waals surface area contributed by atoms with E-state index in [2.05, 4.69) is 24.8 Å². The molecular weight excluding hydrogens is 384 g/mol. The van der Waals surface area contributed by atoms with Crippen molar-refractivity contribution in [2.24, 2.45) is 0 Å². The first kappa shape index (κ1) is 19.4. The van der Waals surface area contributed by atoms with Crippen LogP contribution in [0, 0.1) is 18.3 Å². The summed E-state index contributed by atoms with van der Waals surface area (Å²) in [6.45, 7) is 1.15. The summed E-state index contributed by atoms with van der Waals surface area (Å²) in [6, 6.07) is 4.85. The zero-order chi connectivity index (χ0) is 20.3. The number of nitrogen functional groups attached to an aromatic ring is 1. The number of nitrogens with zero attached hydrogens (tertiary/aromatic N) is 6. The standard InChI is InChI=1S/C16H16N8O3S/c1-10-2-3-12(28(26,27)23-11(5-17)7-25)4-13(10)14-6-20-15(18)16(22-14)24-9-19-8-21-24/h2-4,6,8-9,11,23,25H,7H2,1H3,(H2,18,20). The van der Waals surface area contributed by atoms with Crippen LogP contribution in [0.4, 0.5) is 5.82 Å². The number of nitriles is 1. The quantitative estimate of drug-likeness (QED) is 0.505. The first-order valence-corrected chi connectivity index (χ1v) is 9.45. The van der Waals surface area contributed by atoms with Crippen LogP contribution >= 0.6 is 0 Å². The van der Waals surface area contributed by atoms with E-state index < -0.39 is 22.7 Å². The number of rotatable bonds is 6. The van der Waals surface area contributed by atoms with Crippen molar-refractivity contribution >= 4 is 15.8 Å². The molecule has 3 rings (SSSR count). The number of nitrogens with two attached hydrogens (primary N) is 1. The lowest BCUT2D eigenvalue weighted by atomic mass is 10.1. The molecule has 4 N–H and O–H groups in total. The molecule has 2 aromatic heterocycles. The van der Waals surface area contributed by atoms with Crippen LogP contribution in [-0.4, -0.2) is 50.9 Å². The van der Waals surface area contributed by atoms with E-state index in [1.54, 1.807) is 19.1 Å². The number of hydrogen-bond donors (Lipinski definition) is 3. The molecular formula is C16H16N8O3S. The molecule has 3 aromatic rings. The summed E-state index contributed by atoms with van der Waals surface area (Å²) >= 11 is 0. The lowest BCUT2D eigenvalue weighted by molar-refractivity contribution is 0.279. The Morgan fingerprint density at radius 3 is 2.86 bits per heavy atom. The van der Waals surface area contributed by atoms with E-state index >= 15 is 0 Å². The Morgan fingerprint density at radius 2 is 2.21 bits per heavy atom. The molecule has 0 aliphatic rings. The number of aliphatic hydroxyl groups is 1. The van der Waals surface area contributed by atoms with Gasteiger partial charge in [0.05, 0.1) is 29.5 Å². The van der Waals surface area contributed by atoms with Gasteiger partial charge in [-0.15, -0.1) is 0 Å². The van der Waals surface area contributed by atoms with Gasteiger partial charge in [0.15, 0.2) is 11.6 Å². The molecule has 1 unspecified atom stereocenters. The van der Waals surface area contributed by atoms with Gasteiger partial charge in [0.2, 0.25) is 10.0 Å². The normalized spacial score (nSPS) is 12.5. The number of sulfonamides is 1. The molecule has 0 fully saturated rings. The second-order valence-corrected chi connectivity index (χ2v) is 7.48. The summed E-state index contributed by atoms with van der Waals surface area (Å²) in [6.07, 6.45) is 4.16. The van der Waals surface area contributed by atoms with Crippen LogP contribution in [-0.2, 0) is 10.0 Å². The predicted molar refractivity (Wildman–Crippen MR) is 98.3 cm³/mol. The lowest BCUT2D eigenvalue weighted by Crippen LogP contribution is -2.36. The number of hydrogen-bond acceptors (Lipinski definition) is 9. The van der Waals surface area contributed by atoms with Crippen molar-refractivity contribution in [2.45, 2.75) is 17.9 Å². The van der Waals surface area contributed by atoms with Gasteiger partial charge in [-0.25, -0.2) is 23.4 Å². The molecule has 0 aliphatic heterocycles. The summed E-state index contributed by atoms with van der Waals surface area (Å²) < 4.78 is 28.5. The van der Waals surface area contributed by atoms with E-state index in [1.165, 1.54) is 35.7 Å². The first-order chi connectivity index (χ1) is 13.4. The maximum absolute atomic E-state index is 12.5. The van der Waals surface area contributed by atoms with Gasteiger partial charge in [0, 0.05) is 5.56 Å². The van der Waals surface area contributed by atoms with Gasteiger partial charge in [0.25, 0.3) is 0 Å². The average Bonchev–Trinajstić information content (AvgIpc) is 3.21. The smallest absolute Gasteiger partial charge is 0.241 e. The monoisotopic (exact) mass is 400 g/mol. The van der Waals surface area contributed by atoms with E-state index in [0.29, 0.717) is 11.3 Å². The van der Waals surface area contributed by atoms with Gasteiger partial charge in [-0.3, -0.25) is 0 Å². The maximum Gasteiger partial charge on any atom is 0.241 e. The van der Waals surface area contributed by atoms with E-state index in [0.717, 1.165) is 5.56 Å². The van der Waals surface area contributed by atoms with E-state index in [4.69, 9.17) is 16.1 Å². The molecule has 144 valence electrons. The highest BCUT2D eigenvalue weighted by Crippen LogP contribution is 2.26. The summed E-state index contributed by atoms with van der Waals surface area (Å²) in [5.41, 5.74) is 7.50. The van der Waals surface area contributed by atoms with Crippen molar-refractivity contribution in [1.82, 2.24) is 29.5 Å². The van der Waals surface area contributed by atoms with Crippen molar-refractivity contribution in [1.29, 1.82) is 5.26 Å². The summed E-state index contributed by atoms with van der Waals surface area (Å²) in [7, 11) is -4.03. The van der Waals surface area contributed by atoms with Gasteiger partial charge >= 0.3 is 0 Å². The number of aryl methyl sites for hydroxylation is 1. The molecule has 0 radical (unpaired) electrons. The van der Waals surface area contributed by atoms with Crippen LogP contribution in [0.1, 0.15) is 5.56 Å². The zero-order valence-corrected chi connectivity index (χ0v) is 15.5. The Labute approximate surface area is 160 Å². The van der Waals surface area contributed by atoms with E-state index in [-0.39, 0.29) is 16.5 Å². The summed E-state index contributed by atoms with van der Waals surface area (Å²) in [5.74, 6) is 0.391. The highest BCUT2D eigenvalue weighted by molar-refractivity contribution is 7.89. The van der Waals surface area contributed by atoms with Crippen LogP contribution < -0.4 is 10.5 Å². The SMILES string of the molecule is Cc1ccc(S(=O)(=O)NC(C#N)CO)cc1-c1cnc(N)c(-n2cncn2)n1. The Bertz CT molecular complexity index is 1140. The molecule has 1 aromatic carbocycles. The fraction of sp³-hybridized carbons (Fsp3) is 0.188. The molecule has 2 heterocycles. The van der Waals surface area contributed by atoms with Gasteiger partial charge < -0.3 is 10.8 Å². The van der Waals surface area contributed by atoms with Crippen molar-refractivity contribution in [2.75, 3.05) is 12.3 Å². The topological polar surface area (TPSA) is 173 Å². The molecule has 0 aliphatic carbocycles. The van der Waals surface area contributed by atoms with Crippen molar-refractivity contribution < 1.29 is 13.5 Å². The molecule has 0 amide bonds. The van der Waals surface area contributed by atoms with E-state index in [9.17, 15) is 8.42 Å². The van der Waals surface area contributed by atoms with Gasteiger partial charge in [-0.2, -0.15) is 19.8 Å². The largest absolute Gasteiger partial charge is 0.394 e. The molecule has 0 spiro atoms. The van der Waals surface area contributed by atoms with Crippen LogP contribution in [0.5, 0.6) is 0 Å². The second-order valence-electron chi connectivity index (χ2n) is 5.77. The molecule has 1 atom stereocenters. The third kappa shape index (κ3) is 3.81. The zero-order valence-electron chi connectivity index (χ0n) is 14.7. The number of nitrogens with one attached hydrogen (secondary N) is 1. The predicted octanol–water partition coefficient (Wildman–Crippen LogP) is -0.222. The average molecular weight is 400 g/mol. The minimum atomic E-state index is -4.03. The number of aliphatic hydroxyl groups excluding tert-OH is 1. The molecule has 28 heavy (non-hydrogen) atoms. The fourth-order valence-corrected chi connectivity index (χ4v) is 3.57. The summed E-state index contributed by atoms with van der Waals surface area (Å²) in [4.78, 5) is 12.3. The molecule has 11 nitrogen and oxygen atoms in total. The molecule has 0 bridgehead atoms. The molecule has 0 saturated heterocycles. The Hall–Kier alpha value is -3.40. The fourth-order valence-electron chi connectivity index (χ4n) is 2.41. The highest BCUT2D eigenvalue weighted by Gasteiger charge is 2.21. The first-order valence-electron chi connectivity index (χ1n) is 7.97. The van der Waals surface area contributed by atoms with Crippen LogP contribution in [0.15, 0.2) is 41.9 Å². The van der Waals surface area contributed by atoms with Crippen LogP contribution in [0.3, 0.4) is 0 Å². The third-order valence-corrected chi connectivity index (χ3v) is 5.32. The lowest BCUT2D eigenvalue weighted by Gasteiger charge is -2.13. The van der Waals surface area contributed by atoms with Crippen LogP contribution in [0.2, 0.25) is 0 Å².